The minimum Gasteiger partial charge on any atom is -0.378 e. The van der Waals surface area contributed by atoms with Crippen molar-refractivity contribution in [1.82, 2.24) is 0 Å². The summed E-state index contributed by atoms with van der Waals surface area (Å²) >= 11 is 3.56. The molecule has 2 rings (SSSR count). The fraction of sp³-hybridized carbons (Fsp3) is 0.188. The van der Waals surface area contributed by atoms with Crippen LogP contribution in [0.2, 0.25) is 0 Å². The van der Waals surface area contributed by atoms with E-state index < -0.39 is 6.03 Å². The molecule has 4 N–H and O–H groups in total. The normalized spacial score (nSPS) is 11.8. The predicted molar refractivity (Wildman–Crippen MR) is 90.6 cm³/mol. The van der Waals surface area contributed by atoms with Crippen molar-refractivity contribution in [2.24, 2.45) is 5.73 Å². The van der Waals surface area contributed by atoms with E-state index in [9.17, 15) is 4.79 Å². The highest BCUT2D eigenvalue weighted by Gasteiger charge is 2.08. The second-order valence-electron chi connectivity index (χ2n) is 4.96. The summed E-state index contributed by atoms with van der Waals surface area (Å²) in [5, 5.41) is 6.00. The first-order chi connectivity index (χ1) is 9.95. The van der Waals surface area contributed by atoms with E-state index in [1.807, 2.05) is 24.3 Å². The van der Waals surface area contributed by atoms with Gasteiger partial charge in [-0.25, -0.2) is 4.79 Å². The number of aryl methyl sites for hydroxylation is 1. The molecule has 0 spiro atoms. The zero-order chi connectivity index (χ0) is 15.4. The highest BCUT2D eigenvalue weighted by Crippen LogP contribution is 2.27. The number of hydrogen-bond acceptors (Lipinski definition) is 2. The van der Waals surface area contributed by atoms with Crippen LogP contribution in [0.15, 0.2) is 46.9 Å². The van der Waals surface area contributed by atoms with Gasteiger partial charge in [-0.1, -0.05) is 18.2 Å². The molecule has 0 fully saturated rings. The van der Waals surface area contributed by atoms with Crippen molar-refractivity contribution in [3.8, 4) is 0 Å². The maximum absolute atomic E-state index is 10.8. The Balaban J connectivity index is 2.09. The predicted octanol–water partition coefficient (Wildman–Crippen LogP) is 4.42. The number of hydrogen-bond donors (Lipinski definition) is 3. The third-order valence-corrected chi connectivity index (χ3v) is 3.83. The number of urea groups is 1. The molecule has 0 aliphatic rings. The van der Waals surface area contributed by atoms with E-state index in [-0.39, 0.29) is 6.04 Å². The summed E-state index contributed by atoms with van der Waals surface area (Å²) in [5.74, 6) is 0. The van der Waals surface area contributed by atoms with E-state index in [1.165, 1.54) is 5.56 Å². The third kappa shape index (κ3) is 4.23. The molecule has 0 aromatic heterocycles. The number of amides is 2. The standard InChI is InChI=1S/C16H18BrN3O/c1-10-3-8-15(14(17)9-10)19-11(2)12-4-6-13(7-5-12)20-16(18)21/h3-9,11,19H,1-2H3,(H3,18,20,21). The summed E-state index contributed by atoms with van der Waals surface area (Å²) in [6.07, 6.45) is 0. The maximum Gasteiger partial charge on any atom is 0.316 e. The van der Waals surface area contributed by atoms with Crippen LogP contribution in [0.5, 0.6) is 0 Å². The van der Waals surface area contributed by atoms with Gasteiger partial charge in [0.1, 0.15) is 0 Å². The van der Waals surface area contributed by atoms with E-state index in [0.29, 0.717) is 5.69 Å². The largest absolute Gasteiger partial charge is 0.378 e. The van der Waals surface area contributed by atoms with Crippen LogP contribution in [-0.2, 0) is 0 Å². The molecule has 2 aromatic rings. The molecule has 0 aliphatic carbocycles. The van der Waals surface area contributed by atoms with E-state index in [4.69, 9.17) is 5.73 Å². The smallest absolute Gasteiger partial charge is 0.316 e. The van der Waals surface area contributed by atoms with Crippen molar-refractivity contribution >= 4 is 33.3 Å². The summed E-state index contributed by atoms with van der Waals surface area (Å²) in [6.45, 7) is 4.14. The summed E-state index contributed by atoms with van der Waals surface area (Å²) in [7, 11) is 0. The van der Waals surface area contributed by atoms with Crippen molar-refractivity contribution in [2.45, 2.75) is 19.9 Å². The Morgan fingerprint density at radius 2 is 1.86 bits per heavy atom. The third-order valence-electron chi connectivity index (χ3n) is 3.17. The summed E-state index contributed by atoms with van der Waals surface area (Å²) < 4.78 is 1.04. The Hall–Kier alpha value is -2.01. The lowest BCUT2D eigenvalue weighted by atomic mass is 10.1. The monoisotopic (exact) mass is 347 g/mol. The van der Waals surface area contributed by atoms with Gasteiger partial charge in [-0.2, -0.15) is 0 Å². The lowest BCUT2D eigenvalue weighted by molar-refractivity contribution is 0.259. The lowest BCUT2D eigenvalue weighted by Gasteiger charge is -2.17. The number of halogens is 1. The summed E-state index contributed by atoms with van der Waals surface area (Å²) in [6, 6.07) is 13.4. The summed E-state index contributed by atoms with van der Waals surface area (Å²) in [4.78, 5) is 10.8. The van der Waals surface area contributed by atoms with Crippen molar-refractivity contribution in [2.75, 3.05) is 10.6 Å². The molecule has 0 saturated carbocycles. The highest BCUT2D eigenvalue weighted by atomic mass is 79.9. The number of benzene rings is 2. The van der Waals surface area contributed by atoms with E-state index >= 15 is 0 Å². The van der Waals surface area contributed by atoms with Gasteiger partial charge in [-0.15, -0.1) is 0 Å². The average molecular weight is 348 g/mol. The molecule has 110 valence electrons. The van der Waals surface area contributed by atoms with E-state index in [2.05, 4.69) is 58.6 Å². The van der Waals surface area contributed by atoms with Crippen LogP contribution in [0.1, 0.15) is 24.1 Å². The Labute approximate surface area is 132 Å². The Kier molecular flexibility index (Phi) is 4.85. The minimum absolute atomic E-state index is 0.145. The second kappa shape index (κ2) is 6.63. The molecule has 2 amide bonds. The van der Waals surface area contributed by atoms with Gasteiger partial charge < -0.3 is 16.4 Å². The highest BCUT2D eigenvalue weighted by molar-refractivity contribution is 9.10. The molecule has 0 saturated heterocycles. The molecule has 0 radical (unpaired) electrons. The van der Waals surface area contributed by atoms with Gasteiger partial charge in [0.2, 0.25) is 0 Å². The first-order valence-corrected chi connectivity index (χ1v) is 7.44. The molecule has 4 nitrogen and oxygen atoms in total. The number of primary amides is 1. The molecule has 1 atom stereocenters. The van der Waals surface area contributed by atoms with Crippen LogP contribution in [0.4, 0.5) is 16.2 Å². The van der Waals surface area contributed by atoms with Gasteiger partial charge >= 0.3 is 6.03 Å². The fourth-order valence-corrected chi connectivity index (χ4v) is 2.66. The van der Waals surface area contributed by atoms with Crippen molar-refractivity contribution < 1.29 is 4.79 Å². The molecule has 1 unspecified atom stereocenters. The van der Waals surface area contributed by atoms with E-state index in [1.54, 1.807) is 0 Å². The first kappa shape index (κ1) is 15.4. The average Bonchev–Trinajstić information content (AvgIpc) is 2.42. The van der Waals surface area contributed by atoms with Crippen LogP contribution in [0.25, 0.3) is 0 Å². The quantitative estimate of drug-likeness (QED) is 0.766. The number of anilines is 2. The SMILES string of the molecule is Cc1ccc(NC(C)c2ccc(NC(N)=O)cc2)c(Br)c1. The lowest BCUT2D eigenvalue weighted by Crippen LogP contribution is -2.19. The van der Waals surface area contributed by atoms with Crippen molar-refractivity contribution in [1.29, 1.82) is 0 Å². The van der Waals surface area contributed by atoms with Gasteiger partial charge in [0.05, 0.1) is 0 Å². The van der Waals surface area contributed by atoms with Crippen LogP contribution in [0, 0.1) is 6.92 Å². The first-order valence-electron chi connectivity index (χ1n) is 6.65. The molecule has 0 heterocycles. The van der Waals surface area contributed by atoms with Crippen LogP contribution in [0.3, 0.4) is 0 Å². The summed E-state index contributed by atoms with van der Waals surface area (Å²) in [5.41, 5.74) is 9.16. The van der Waals surface area contributed by atoms with Gasteiger partial charge in [0.25, 0.3) is 0 Å². The molecule has 0 bridgehead atoms. The van der Waals surface area contributed by atoms with Crippen LogP contribution < -0.4 is 16.4 Å². The van der Waals surface area contributed by atoms with Gasteiger partial charge in [-0.3, -0.25) is 0 Å². The number of carbonyl (C=O) groups is 1. The number of nitrogens with one attached hydrogen (secondary N) is 2. The van der Waals surface area contributed by atoms with E-state index in [0.717, 1.165) is 15.7 Å². The maximum atomic E-state index is 10.8. The topological polar surface area (TPSA) is 67.2 Å². The zero-order valence-electron chi connectivity index (χ0n) is 12.0. The van der Waals surface area contributed by atoms with Crippen LogP contribution in [-0.4, -0.2) is 6.03 Å². The number of rotatable bonds is 4. The minimum atomic E-state index is -0.558. The van der Waals surface area contributed by atoms with Gasteiger partial charge in [0.15, 0.2) is 0 Å². The molecule has 2 aromatic carbocycles. The number of carbonyl (C=O) groups excluding carboxylic acids is 1. The fourth-order valence-electron chi connectivity index (χ4n) is 2.05. The van der Waals surface area contributed by atoms with Crippen LogP contribution >= 0.6 is 15.9 Å². The Morgan fingerprint density at radius 3 is 2.43 bits per heavy atom. The molecule has 0 aliphatic heterocycles. The molecule has 5 heteroatoms. The number of nitrogens with two attached hydrogens (primary N) is 1. The molecular formula is C16H18BrN3O. The Bertz CT molecular complexity index is 640. The molecular weight excluding hydrogens is 330 g/mol. The van der Waals surface area contributed by atoms with Gasteiger partial charge in [-0.05, 0) is 65.2 Å². The van der Waals surface area contributed by atoms with Gasteiger partial charge in [0, 0.05) is 21.9 Å². The second-order valence-corrected chi connectivity index (χ2v) is 5.81. The molecule has 21 heavy (non-hydrogen) atoms. The van der Waals surface area contributed by atoms with Crippen molar-refractivity contribution in [3.05, 3.63) is 58.1 Å². The Morgan fingerprint density at radius 1 is 1.19 bits per heavy atom. The zero-order valence-corrected chi connectivity index (χ0v) is 13.6. The van der Waals surface area contributed by atoms with Crippen molar-refractivity contribution in [3.63, 3.8) is 0 Å².